The average molecular weight is 498 g/mol. The number of anilines is 1. The lowest BCUT2D eigenvalue weighted by atomic mass is 10.0. The highest BCUT2D eigenvalue weighted by Gasteiger charge is 2.21. The number of hydrogen-bond acceptors (Lipinski definition) is 6. The highest BCUT2D eigenvalue weighted by Crippen LogP contribution is 2.35. The van der Waals surface area contributed by atoms with Crippen LogP contribution in [0.3, 0.4) is 0 Å². The summed E-state index contributed by atoms with van der Waals surface area (Å²) < 4.78 is 16.0. The van der Waals surface area contributed by atoms with Crippen LogP contribution in [0.4, 0.5) is 10.1 Å². The average Bonchev–Trinajstić information content (AvgIpc) is 3.63. The highest BCUT2D eigenvalue weighted by atomic mass is 32.1. The van der Waals surface area contributed by atoms with Crippen molar-refractivity contribution in [3.05, 3.63) is 66.2 Å². The number of carbonyl (C=O) groups is 1. The number of carbonyl (C=O) groups excluding carboxylic acids is 1. The third kappa shape index (κ3) is 3.72. The molecule has 36 heavy (non-hydrogen) atoms. The quantitative estimate of drug-likeness (QED) is 0.269. The Morgan fingerprint density at radius 1 is 1.11 bits per heavy atom. The number of nitrogens with one attached hydrogen (secondary N) is 3. The normalized spacial score (nSPS) is 11.6. The largest absolute Gasteiger partial charge is 0.336 e. The second-order valence-corrected chi connectivity index (χ2v) is 9.59. The monoisotopic (exact) mass is 497 g/mol. The van der Waals surface area contributed by atoms with Gasteiger partial charge in [-0.15, -0.1) is 11.3 Å². The molecule has 0 aliphatic rings. The first-order valence-electron chi connectivity index (χ1n) is 11.3. The topological polar surface area (TPSA) is 112 Å². The number of imidazole rings is 1. The number of thiophene rings is 1. The highest BCUT2D eigenvalue weighted by molar-refractivity contribution is 7.13. The zero-order chi connectivity index (χ0) is 24.8. The van der Waals surface area contributed by atoms with Gasteiger partial charge >= 0.3 is 0 Å². The van der Waals surface area contributed by atoms with Crippen LogP contribution in [0.5, 0.6) is 0 Å². The molecule has 6 aromatic rings. The maximum atomic E-state index is 16.0. The van der Waals surface area contributed by atoms with Crippen molar-refractivity contribution in [2.24, 2.45) is 5.92 Å². The summed E-state index contributed by atoms with van der Waals surface area (Å²) in [4.78, 5) is 29.8. The van der Waals surface area contributed by atoms with E-state index in [4.69, 9.17) is 4.98 Å². The fourth-order valence-corrected chi connectivity index (χ4v) is 4.77. The van der Waals surface area contributed by atoms with Crippen LogP contribution in [-0.2, 0) is 4.79 Å². The Hall–Kier alpha value is -4.44. The molecule has 0 unspecified atom stereocenters. The summed E-state index contributed by atoms with van der Waals surface area (Å²) in [5, 5.41) is 12.4. The van der Waals surface area contributed by atoms with E-state index in [0.717, 1.165) is 16.1 Å². The molecular weight excluding hydrogens is 477 g/mol. The standard InChI is InChI=1S/C26H20FN7OS/c1-13(2)26(35)30-15-10-14(11-28-12-15)16-5-6-17-20(21(16)27)24(34-33-17)25-31-18-7-8-29-23(22(18)32-25)19-4-3-9-36-19/h3-13H,1-2H3,(H,30,35)(H,31,32)(H,33,34). The van der Waals surface area contributed by atoms with E-state index in [1.165, 1.54) is 6.20 Å². The maximum Gasteiger partial charge on any atom is 0.226 e. The first-order chi connectivity index (χ1) is 17.5. The van der Waals surface area contributed by atoms with Gasteiger partial charge in [0.05, 0.1) is 33.2 Å². The van der Waals surface area contributed by atoms with Crippen LogP contribution in [-0.4, -0.2) is 36.0 Å². The van der Waals surface area contributed by atoms with Crippen molar-refractivity contribution in [1.82, 2.24) is 30.1 Å². The number of pyridine rings is 2. The molecule has 0 radical (unpaired) electrons. The molecular formula is C26H20FN7OS. The molecule has 0 bridgehead atoms. The van der Waals surface area contributed by atoms with E-state index in [1.54, 1.807) is 55.8 Å². The summed E-state index contributed by atoms with van der Waals surface area (Å²) in [5.41, 5.74) is 4.54. The van der Waals surface area contributed by atoms with Crippen LogP contribution >= 0.6 is 11.3 Å². The van der Waals surface area contributed by atoms with Gasteiger partial charge in [-0.25, -0.2) is 9.37 Å². The molecule has 3 N–H and O–H groups in total. The van der Waals surface area contributed by atoms with E-state index in [-0.39, 0.29) is 11.8 Å². The van der Waals surface area contributed by atoms with Gasteiger partial charge in [-0.3, -0.25) is 19.9 Å². The number of halogens is 1. The molecule has 0 aliphatic carbocycles. The predicted molar refractivity (Wildman–Crippen MR) is 139 cm³/mol. The molecule has 1 aromatic carbocycles. The summed E-state index contributed by atoms with van der Waals surface area (Å²) in [5.74, 6) is -0.338. The molecule has 5 aromatic heterocycles. The van der Waals surface area contributed by atoms with E-state index in [1.807, 2.05) is 23.6 Å². The van der Waals surface area contributed by atoms with Crippen LogP contribution in [0, 0.1) is 11.7 Å². The Morgan fingerprint density at radius 3 is 2.81 bits per heavy atom. The molecule has 0 saturated heterocycles. The lowest BCUT2D eigenvalue weighted by Crippen LogP contribution is -2.17. The van der Waals surface area contributed by atoms with Gasteiger partial charge in [-0.1, -0.05) is 19.9 Å². The number of H-pyrrole nitrogens is 2. The molecule has 6 rings (SSSR count). The number of hydrogen-bond donors (Lipinski definition) is 3. The molecule has 0 aliphatic heterocycles. The van der Waals surface area contributed by atoms with Crippen molar-refractivity contribution in [2.75, 3.05) is 5.32 Å². The van der Waals surface area contributed by atoms with Gasteiger partial charge in [-0.05, 0) is 35.7 Å². The summed E-state index contributed by atoms with van der Waals surface area (Å²) in [7, 11) is 0. The SMILES string of the molecule is CC(C)C(=O)Nc1cncc(-c2ccc3[nH]nc(-c4nc5c(-c6cccs6)nccc5[nH]4)c3c2F)c1. The summed E-state index contributed by atoms with van der Waals surface area (Å²) in [6.45, 7) is 3.61. The van der Waals surface area contributed by atoms with Crippen molar-refractivity contribution in [3.8, 4) is 33.2 Å². The summed E-state index contributed by atoms with van der Waals surface area (Å²) in [6.07, 6.45) is 4.82. The number of aromatic amines is 2. The molecule has 10 heteroatoms. The fourth-order valence-electron chi connectivity index (χ4n) is 4.05. The lowest BCUT2D eigenvalue weighted by molar-refractivity contribution is -0.118. The number of nitrogens with zero attached hydrogens (tertiary/aromatic N) is 4. The first-order valence-corrected chi connectivity index (χ1v) is 12.2. The molecule has 0 saturated carbocycles. The van der Waals surface area contributed by atoms with E-state index in [0.29, 0.717) is 44.8 Å². The smallest absolute Gasteiger partial charge is 0.226 e. The minimum Gasteiger partial charge on any atom is -0.336 e. The van der Waals surface area contributed by atoms with Crippen molar-refractivity contribution in [2.45, 2.75) is 13.8 Å². The van der Waals surface area contributed by atoms with Crippen molar-refractivity contribution >= 4 is 44.9 Å². The number of benzene rings is 1. The van der Waals surface area contributed by atoms with E-state index in [9.17, 15) is 4.79 Å². The van der Waals surface area contributed by atoms with Crippen molar-refractivity contribution in [3.63, 3.8) is 0 Å². The Bertz CT molecular complexity index is 1740. The van der Waals surface area contributed by atoms with Crippen LogP contribution in [0.15, 0.2) is 60.4 Å². The molecule has 0 fully saturated rings. The number of amides is 1. The number of fused-ring (bicyclic) bond motifs is 2. The van der Waals surface area contributed by atoms with Gasteiger partial charge in [-0.2, -0.15) is 5.10 Å². The van der Waals surface area contributed by atoms with Crippen LogP contribution < -0.4 is 5.32 Å². The van der Waals surface area contributed by atoms with Gasteiger partial charge < -0.3 is 10.3 Å². The Kier molecular flexibility index (Phi) is 5.30. The molecule has 0 atom stereocenters. The molecule has 178 valence electrons. The Balaban J connectivity index is 1.46. The molecule has 8 nitrogen and oxygen atoms in total. The van der Waals surface area contributed by atoms with Crippen LogP contribution in [0.1, 0.15) is 13.8 Å². The first kappa shape index (κ1) is 22.1. The fraction of sp³-hybridized carbons (Fsp3) is 0.115. The zero-order valence-electron chi connectivity index (χ0n) is 19.3. The van der Waals surface area contributed by atoms with Crippen molar-refractivity contribution < 1.29 is 9.18 Å². The van der Waals surface area contributed by atoms with Gasteiger partial charge in [0, 0.05) is 29.4 Å². The molecule has 0 spiro atoms. The zero-order valence-corrected chi connectivity index (χ0v) is 20.2. The second-order valence-electron chi connectivity index (χ2n) is 8.65. The van der Waals surface area contributed by atoms with Gasteiger partial charge in [0.25, 0.3) is 0 Å². The second kappa shape index (κ2) is 8.65. The van der Waals surface area contributed by atoms with E-state index in [2.05, 4.69) is 30.5 Å². The van der Waals surface area contributed by atoms with Crippen LogP contribution in [0.25, 0.3) is 55.2 Å². The summed E-state index contributed by atoms with van der Waals surface area (Å²) >= 11 is 1.58. The Labute approximate surface area is 208 Å². The predicted octanol–water partition coefficient (Wildman–Crippen LogP) is 6.03. The minimum atomic E-state index is -0.456. The molecule has 5 heterocycles. The molecule has 1 amide bonds. The minimum absolute atomic E-state index is 0.136. The van der Waals surface area contributed by atoms with Gasteiger partial charge in [0.15, 0.2) is 5.82 Å². The third-order valence-corrected chi connectivity index (χ3v) is 6.76. The third-order valence-electron chi connectivity index (χ3n) is 5.89. The number of rotatable bonds is 5. The maximum absolute atomic E-state index is 16.0. The summed E-state index contributed by atoms with van der Waals surface area (Å²) in [6, 6.07) is 10.9. The van der Waals surface area contributed by atoms with Crippen molar-refractivity contribution in [1.29, 1.82) is 0 Å². The Morgan fingerprint density at radius 2 is 2.00 bits per heavy atom. The lowest BCUT2D eigenvalue weighted by Gasteiger charge is -2.10. The number of aromatic nitrogens is 6. The van der Waals surface area contributed by atoms with E-state index >= 15 is 4.39 Å². The van der Waals surface area contributed by atoms with Gasteiger partial charge in [0.1, 0.15) is 22.7 Å². The van der Waals surface area contributed by atoms with E-state index < -0.39 is 5.82 Å². The van der Waals surface area contributed by atoms with Gasteiger partial charge in [0.2, 0.25) is 5.91 Å². The van der Waals surface area contributed by atoms with Crippen LogP contribution in [0.2, 0.25) is 0 Å².